The van der Waals surface area contributed by atoms with Gasteiger partial charge in [-0.1, -0.05) is 0 Å². The van der Waals surface area contributed by atoms with Crippen LogP contribution < -0.4 is 5.11 Å². The first-order valence-corrected chi connectivity index (χ1v) is 4.92. The van der Waals surface area contributed by atoms with Gasteiger partial charge in [0.05, 0.1) is 26.4 Å². The van der Waals surface area contributed by atoms with Crippen molar-refractivity contribution in [3.8, 4) is 0 Å². The summed E-state index contributed by atoms with van der Waals surface area (Å²) in [5.41, 5.74) is 0. The molecule has 1 saturated heterocycles. The van der Waals surface area contributed by atoms with E-state index in [1.54, 1.807) is 0 Å². The molecule has 0 spiro atoms. The van der Waals surface area contributed by atoms with E-state index >= 15 is 0 Å². The third-order valence-corrected chi connectivity index (χ3v) is 2.78. The molecule has 82 valence electrons. The lowest BCUT2D eigenvalue weighted by molar-refractivity contribution is -0.935. The Balaban J connectivity index is 2.46. The Morgan fingerprint density at radius 1 is 1.36 bits per heavy atom. The van der Waals surface area contributed by atoms with Crippen molar-refractivity contribution >= 4 is 5.97 Å². The van der Waals surface area contributed by atoms with Gasteiger partial charge in [0.2, 0.25) is 0 Å². The van der Waals surface area contributed by atoms with Crippen LogP contribution in [-0.4, -0.2) is 61.6 Å². The molecule has 0 atom stereocenters. The first-order chi connectivity index (χ1) is 6.68. The van der Waals surface area contributed by atoms with Gasteiger partial charge in [0, 0.05) is 12.4 Å². The summed E-state index contributed by atoms with van der Waals surface area (Å²) in [6, 6.07) is 0. The number of hydrogen-bond donors (Lipinski definition) is 1. The summed E-state index contributed by atoms with van der Waals surface area (Å²) >= 11 is 0. The molecule has 0 amide bonds. The minimum absolute atomic E-state index is 0.0556. The second-order valence-electron chi connectivity index (χ2n) is 3.69. The molecule has 0 bridgehead atoms. The first-order valence-electron chi connectivity index (χ1n) is 4.92. The van der Waals surface area contributed by atoms with Crippen LogP contribution in [0.1, 0.15) is 6.42 Å². The van der Waals surface area contributed by atoms with Gasteiger partial charge >= 0.3 is 0 Å². The molecule has 0 aromatic carbocycles. The van der Waals surface area contributed by atoms with Crippen LogP contribution in [0.5, 0.6) is 0 Å². The van der Waals surface area contributed by atoms with Gasteiger partial charge in [0.1, 0.15) is 19.6 Å². The van der Waals surface area contributed by atoms with Gasteiger partial charge in [-0.15, -0.1) is 0 Å². The summed E-state index contributed by atoms with van der Waals surface area (Å²) in [6.07, 6.45) is 0.0556. The van der Waals surface area contributed by atoms with Crippen molar-refractivity contribution in [1.82, 2.24) is 0 Å². The highest BCUT2D eigenvalue weighted by Crippen LogP contribution is 2.11. The minimum Gasteiger partial charge on any atom is -0.550 e. The lowest BCUT2D eigenvalue weighted by Crippen LogP contribution is -2.57. The number of morpholine rings is 1. The van der Waals surface area contributed by atoms with E-state index in [1.807, 2.05) is 0 Å². The molecule has 1 rings (SSSR count). The number of carboxylic acid groups (broad SMARTS) is 1. The number of ether oxygens (including phenoxy) is 1. The quantitative estimate of drug-likeness (QED) is 0.523. The van der Waals surface area contributed by atoms with Crippen LogP contribution in [-0.2, 0) is 9.53 Å². The molecule has 1 aliphatic rings. The van der Waals surface area contributed by atoms with Crippen molar-refractivity contribution < 1.29 is 24.2 Å². The minimum atomic E-state index is -1.02. The highest BCUT2D eigenvalue weighted by molar-refractivity contribution is 5.64. The summed E-state index contributed by atoms with van der Waals surface area (Å²) in [6.45, 7) is 4.09. The van der Waals surface area contributed by atoms with Gasteiger partial charge in [-0.05, 0) is 0 Å². The fraction of sp³-hybridized carbons (Fsp3) is 0.889. The Labute approximate surface area is 83.5 Å². The largest absolute Gasteiger partial charge is 0.550 e. The van der Waals surface area contributed by atoms with Gasteiger partial charge in [0.15, 0.2) is 0 Å². The Bertz CT molecular complexity index is 184. The maximum atomic E-state index is 10.4. The van der Waals surface area contributed by atoms with E-state index in [0.29, 0.717) is 30.8 Å². The average Bonchev–Trinajstić information content (AvgIpc) is 2.17. The predicted molar refractivity (Wildman–Crippen MR) is 47.3 cm³/mol. The normalized spacial score (nSPS) is 20.6. The number of hydrogen-bond acceptors (Lipinski definition) is 4. The molecule has 5 heteroatoms. The lowest BCUT2D eigenvalue weighted by atomic mass is 10.2. The van der Waals surface area contributed by atoms with Crippen molar-refractivity contribution in [2.24, 2.45) is 0 Å². The molecule has 0 radical (unpaired) electrons. The molecule has 1 aliphatic heterocycles. The molecule has 0 aliphatic carbocycles. The van der Waals surface area contributed by atoms with E-state index in [2.05, 4.69) is 0 Å². The van der Waals surface area contributed by atoms with Gasteiger partial charge in [0.25, 0.3) is 0 Å². The highest BCUT2D eigenvalue weighted by atomic mass is 16.5. The van der Waals surface area contributed by atoms with E-state index < -0.39 is 5.97 Å². The van der Waals surface area contributed by atoms with Crippen molar-refractivity contribution in [1.29, 1.82) is 0 Å². The summed E-state index contributed by atoms with van der Waals surface area (Å²) in [5, 5.41) is 19.3. The summed E-state index contributed by atoms with van der Waals surface area (Å²) in [7, 11) is 0. The van der Waals surface area contributed by atoms with Crippen LogP contribution in [0.4, 0.5) is 0 Å². The number of aliphatic carboxylic acids is 1. The number of carboxylic acids is 1. The standard InChI is InChI=1S/C9H17NO4/c11-6-3-10(2-1-9(12)13)4-7-14-8-5-10/h11H,1-8H2. The molecule has 0 unspecified atom stereocenters. The Morgan fingerprint density at radius 3 is 2.50 bits per heavy atom. The van der Waals surface area contributed by atoms with Crippen molar-refractivity contribution in [2.45, 2.75) is 6.42 Å². The average molecular weight is 203 g/mol. The zero-order chi connectivity index (χ0) is 10.4. The van der Waals surface area contributed by atoms with Crippen LogP contribution in [0.3, 0.4) is 0 Å². The molecular formula is C9H17NO4. The van der Waals surface area contributed by atoms with E-state index in [-0.39, 0.29) is 13.0 Å². The maximum absolute atomic E-state index is 10.4. The number of quaternary nitrogens is 1. The first kappa shape index (κ1) is 11.4. The molecule has 0 aromatic heterocycles. The van der Waals surface area contributed by atoms with Gasteiger partial charge < -0.3 is 24.2 Å². The second-order valence-corrected chi connectivity index (χ2v) is 3.69. The summed E-state index contributed by atoms with van der Waals surface area (Å²) < 4.78 is 5.86. The second kappa shape index (κ2) is 5.29. The predicted octanol–water partition coefficient (Wildman–Crippen LogP) is -2.03. The smallest absolute Gasteiger partial charge is 0.103 e. The topological polar surface area (TPSA) is 69.6 Å². The van der Waals surface area contributed by atoms with Gasteiger partial charge in [-0.2, -0.15) is 0 Å². The fourth-order valence-corrected chi connectivity index (χ4v) is 1.83. The molecule has 14 heavy (non-hydrogen) atoms. The monoisotopic (exact) mass is 203 g/mol. The van der Waals surface area contributed by atoms with E-state index in [0.717, 1.165) is 13.1 Å². The van der Waals surface area contributed by atoms with Gasteiger partial charge in [-0.25, -0.2) is 0 Å². The third-order valence-electron chi connectivity index (χ3n) is 2.78. The molecule has 0 saturated carbocycles. The Hall–Kier alpha value is -0.650. The van der Waals surface area contributed by atoms with E-state index in [4.69, 9.17) is 9.84 Å². The zero-order valence-electron chi connectivity index (χ0n) is 8.28. The van der Waals surface area contributed by atoms with Crippen LogP contribution in [0.25, 0.3) is 0 Å². The number of rotatable bonds is 5. The fourth-order valence-electron chi connectivity index (χ4n) is 1.83. The van der Waals surface area contributed by atoms with Crippen LogP contribution >= 0.6 is 0 Å². The van der Waals surface area contributed by atoms with Crippen molar-refractivity contribution in [3.63, 3.8) is 0 Å². The van der Waals surface area contributed by atoms with E-state index in [1.165, 1.54) is 0 Å². The number of nitrogens with zero attached hydrogens (tertiary/aromatic N) is 1. The third kappa shape index (κ3) is 3.25. The molecule has 1 fully saturated rings. The van der Waals surface area contributed by atoms with Crippen LogP contribution in [0.2, 0.25) is 0 Å². The summed E-state index contributed by atoms with van der Waals surface area (Å²) in [4.78, 5) is 10.4. The Kier molecular flexibility index (Phi) is 4.31. The van der Waals surface area contributed by atoms with Crippen LogP contribution in [0, 0.1) is 0 Å². The van der Waals surface area contributed by atoms with E-state index in [9.17, 15) is 9.90 Å². The van der Waals surface area contributed by atoms with Gasteiger partial charge in [-0.3, -0.25) is 0 Å². The molecule has 1 N–H and O–H groups in total. The maximum Gasteiger partial charge on any atom is 0.103 e. The SMILES string of the molecule is O=C([O-])CC[N+]1(CCO)CCOCC1. The Morgan fingerprint density at radius 2 is 2.00 bits per heavy atom. The number of carbonyl (C=O) groups excluding carboxylic acids is 1. The molecule has 5 nitrogen and oxygen atoms in total. The molecule has 1 heterocycles. The summed E-state index contributed by atoms with van der Waals surface area (Å²) in [5.74, 6) is -1.02. The highest BCUT2D eigenvalue weighted by Gasteiger charge is 2.29. The molecule has 0 aromatic rings. The lowest BCUT2D eigenvalue weighted by Gasteiger charge is -2.41. The van der Waals surface area contributed by atoms with Crippen molar-refractivity contribution in [3.05, 3.63) is 0 Å². The zero-order valence-corrected chi connectivity index (χ0v) is 8.28. The number of carbonyl (C=O) groups is 1. The van der Waals surface area contributed by atoms with Crippen molar-refractivity contribution in [2.75, 3.05) is 46.0 Å². The number of aliphatic hydroxyl groups is 1. The number of aliphatic hydroxyl groups excluding tert-OH is 1. The van der Waals surface area contributed by atoms with Crippen LogP contribution in [0.15, 0.2) is 0 Å². The molecular weight excluding hydrogens is 186 g/mol.